The third-order valence-electron chi connectivity index (χ3n) is 4.60. The summed E-state index contributed by atoms with van der Waals surface area (Å²) in [6.45, 7) is 4.20. The topological polar surface area (TPSA) is 52.0 Å². The van der Waals surface area contributed by atoms with Gasteiger partial charge in [0.15, 0.2) is 5.16 Å². The molecule has 4 rings (SSSR count). The van der Waals surface area contributed by atoms with E-state index in [4.69, 9.17) is 4.98 Å². The first-order chi connectivity index (χ1) is 11.2. The Kier molecular flexibility index (Phi) is 3.89. The number of rotatable bonds is 4. The number of nitrogens with zero attached hydrogens (tertiary/aromatic N) is 2. The van der Waals surface area contributed by atoms with Crippen molar-refractivity contribution in [1.29, 1.82) is 0 Å². The van der Waals surface area contributed by atoms with Crippen LogP contribution in [0.4, 0.5) is 0 Å². The lowest BCUT2D eigenvalue weighted by Crippen LogP contribution is -2.24. The SMILES string of the molecule is C=CCn1c(S[C@@H]2CCCC2=O)nc2sc3c(c2c1=O)CCC3. The number of thioether (sulfide) groups is 1. The molecule has 4 nitrogen and oxygen atoms in total. The van der Waals surface area contributed by atoms with Crippen molar-refractivity contribution >= 4 is 39.1 Å². The minimum Gasteiger partial charge on any atom is -0.298 e. The number of hydrogen-bond donors (Lipinski definition) is 0. The number of aromatic nitrogens is 2. The molecule has 23 heavy (non-hydrogen) atoms. The standard InChI is InChI=1S/C17H18N2O2S2/c1-2-9-19-16(21)14-10-5-3-7-12(10)22-15(14)18-17(19)23-13-8-4-6-11(13)20/h2,13H,1,3-9H2/t13-/m1/s1. The Hall–Kier alpha value is -1.40. The molecule has 1 saturated carbocycles. The van der Waals surface area contributed by atoms with E-state index in [0.29, 0.717) is 18.1 Å². The van der Waals surface area contributed by atoms with Crippen molar-refractivity contribution in [2.45, 2.75) is 55.5 Å². The fourth-order valence-corrected chi connectivity index (χ4v) is 6.00. The predicted octanol–water partition coefficient (Wildman–Crippen LogP) is 3.35. The van der Waals surface area contributed by atoms with Crippen LogP contribution in [0.25, 0.3) is 10.2 Å². The highest BCUT2D eigenvalue weighted by Crippen LogP contribution is 2.37. The molecule has 0 amide bonds. The summed E-state index contributed by atoms with van der Waals surface area (Å²) in [5.41, 5.74) is 1.23. The molecule has 0 N–H and O–H groups in total. The van der Waals surface area contributed by atoms with Gasteiger partial charge in [0.1, 0.15) is 10.6 Å². The van der Waals surface area contributed by atoms with Crippen LogP contribution >= 0.6 is 23.1 Å². The number of aryl methyl sites for hydroxylation is 2. The van der Waals surface area contributed by atoms with Crippen molar-refractivity contribution in [1.82, 2.24) is 9.55 Å². The predicted molar refractivity (Wildman–Crippen MR) is 94.6 cm³/mol. The van der Waals surface area contributed by atoms with Crippen LogP contribution in [0, 0.1) is 0 Å². The Bertz CT molecular complexity index is 866. The Labute approximate surface area is 142 Å². The molecule has 1 atom stereocenters. The molecule has 2 heterocycles. The molecule has 0 aromatic carbocycles. The van der Waals surface area contributed by atoms with Gasteiger partial charge in [-0.3, -0.25) is 14.2 Å². The lowest BCUT2D eigenvalue weighted by Gasteiger charge is -2.13. The quantitative estimate of drug-likeness (QED) is 0.629. The minimum absolute atomic E-state index is 0.0299. The first-order valence-corrected chi connectivity index (χ1v) is 9.74. The number of carbonyl (C=O) groups excluding carboxylic acids is 1. The van der Waals surface area contributed by atoms with Gasteiger partial charge in [-0.2, -0.15) is 0 Å². The Balaban J connectivity index is 1.85. The van der Waals surface area contributed by atoms with Crippen LogP contribution in [0.15, 0.2) is 22.6 Å². The summed E-state index contributed by atoms with van der Waals surface area (Å²) in [5, 5.41) is 1.41. The van der Waals surface area contributed by atoms with Gasteiger partial charge in [0.25, 0.3) is 5.56 Å². The zero-order valence-corrected chi connectivity index (χ0v) is 14.5. The van der Waals surface area contributed by atoms with Crippen molar-refractivity contribution in [3.05, 3.63) is 33.4 Å². The van der Waals surface area contributed by atoms with Crippen molar-refractivity contribution in [2.24, 2.45) is 0 Å². The van der Waals surface area contributed by atoms with Gasteiger partial charge in [0.05, 0.1) is 10.6 Å². The van der Waals surface area contributed by atoms with E-state index in [1.54, 1.807) is 22.0 Å². The van der Waals surface area contributed by atoms with Crippen LogP contribution in [0.2, 0.25) is 0 Å². The highest BCUT2D eigenvalue weighted by atomic mass is 32.2. The maximum atomic E-state index is 13.0. The molecule has 1 fully saturated rings. The smallest absolute Gasteiger partial charge is 0.263 e. The first kappa shape index (κ1) is 15.1. The minimum atomic E-state index is -0.0535. The van der Waals surface area contributed by atoms with Crippen LogP contribution in [0.3, 0.4) is 0 Å². The van der Waals surface area contributed by atoms with Gasteiger partial charge < -0.3 is 0 Å². The monoisotopic (exact) mass is 346 g/mol. The summed E-state index contributed by atoms with van der Waals surface area (Å²) < 4.78 is 1.69. The second-order valence-electron chi connectivity index (χ2n) is 6.10. The number of ketones is 1. The molecule has 120 valence electrons. The van der Waals surface area contributed by atoms with E-state index in [1.165, 1.54) is 22.2 Å². The fourth-order valence-electron chi connectivity index (χ4n) is 3.47. The average molecular weight is 346 g/mol. The fraction of sp³-hybridized carbons (Fsp3) is 0.471. The van der Waals surface area contributed by atoms with E-state index in [2.05, 4.69) is 6.58 Å². The molecule has 2 aromatic heterocycles. The van der Waals surface area contributed by atoms with Crippen molar-refractivity contribution in [3.8, 4) is 0 Å². The number of hydrogen-bond acceptors (Lipinski definition) is 5. The second-order valence-corrected chi connectivity index (χ2v) is 8.35. The molecular formula is C17H18N2O2S2. The molecule has 0 radical (unpaired) electrons. The third kappa shape index (κ3) is 2.48. The van der Waals surface area contributed by atoms with Gasteiger partial charge in [-0.15, -0.1) is 17.9 Å². The Morgan fingerprint density at radius 1 is 1.30 bits per heavy atom. The lowest BCUT2D eigenvalue weighted by atomic mass is 10.2. The van der Waals surface area contributed by atoms with Crippen LogP contribution in [-0.4, -0.2) is 20.6 Å². The number of fused-ring (bicyclic) bond motifs is 3. The lowest BCUT2D eigenvalue weighted by molar-refractivity contribution is -0.116. The Morgan fingerprint density at radius 2 is 2.17 bits per heavy atom. The summed E-state index contributed by atoms with van der Waals surface area (Å²) in [6.07, 6.45) is 7.37. The molecule has 2 aliphatic rings. The second kappa shape index (κ2) is 5.91. The number of thiophene rings is 1. The zero-order valence-electron chi connectivity index (χ0n) is 12.8. The summed E-state index contributed by atoms with van der Waals surface area (Å²) in [5.74, 6) is 0.281. The molecule has 0 aliphatic heterocycles. The summed E-state index contributed by atoms with van der Waals surface area (Å²) in [4.78, 5) is 31.9. The highest BCUT2D eigenvalue weighted by Gasteiger charge is 2.29. The molecule has 2 aliphatic carbocycles. The molecule has 0 saturated heterocycles. The van der Waals surface area contributed by atoms with E-state index in [-0.39, 0.29) is 16.6 Å². The molecule has 6 heteroatoms. The van der Waals surface area contributed by atoms with Crippen molar-refractivity contribution < 1.29 is 4.79 Å². The molecule has 0 spiro atoms. The van der Waals surface area contributed by atoms with Gasteiger partial charge in [-0.25, -0.2) is 4.98 Å². The van der Waals surface area contributed by atoms with E-state index in [0.717, 1.165) is 42.3 Å². The summed E-state index contributed by atoms with van der Waals surface area (Å²) in [7, 11) is 0. The third-order valence-corrected chi connectivity index (χ3v) is 7.09. The molecule has 0 bridgehead atoms. The maximum absolute atomic E-state index is 13.0. The van der Waals surface area contributed by atoms with E-state index in [9.17, 15) is 9.59 Å². The van der Waals surface area contributed by atoms with Crippen LogP contribution < -0.4 is 5.56 Å². The molecule has 2 aromatic rings. The Morgan fingerprint density at radius 3 is 2.91 bits per heavy atom. The number of Topliss-reactive ketones (excluding diaryl/α,β-unsaturated/α-hetero) is 1. The van der Waals surface area contributed by atoms with Crippen LogP contribution in [0.1, 0.15) is 36.1 Å². The van der Waals surface area contributed by atoms with Crippen molar-refractivity contribution in [3.63, 3.8) is 0 Å². The maximum Gasteiger partial charge on any atom is 0.263 e. The van der Waals surface area contributed by atoms with E-state index >= 15 is 0 Å². The molecular weight excluding hydrogens is 328 g/mol. The van der Waals surface area contributed by atoms with Gasteiger partial charge in [-0.05, 0) is 37.7 Å². The van der Waals surface area contributed by atoms with Crippen LogP contribution in [-0.2, 0) is 24.2 Å². The number of allylic oxidation sites excluding steroid dienone is 1. The first-order valence-electron chi connectivity index (χ1n) is 8.04. The summed E-state index contributed by atoms with van der Waals surface area (Å²) >= 11 is 3.11. The average Bonchev–Trinajstić information content (AvgIpc) is 3.20. The number of carbonyl (C=O) groups is 1. The van der Waals surface area contributed by atoms with E-state index in [1.807, 2.05) is 0 Å². The van der Waals surface area contributed by atoms with Crippen molar-refractivity contribution in [2.75, 3.05) is 0 Å². The van der Waals surface area contributed by atoms with Crippen LogP contribution in [0.5, 0.6) is 0 Å². The zero-order chi connectivity index (χ0) is 16.0. The van der Waals surface area contributed by atoms with Gasteiger partial charge >= 0.3 is 0 Å². The highest BCUT2D eigenvalue weighted by molar-refractivity contribution is 8.00. The largest absolute Gasteiger partial charge is 0.298 e. The van der Waals surface area contributed by atoms with E-state index < -0.39 is 0 Å². The van der Waals surface area contributed by atoms with Gasteiger partial charge in [0.2, 0.25) is 0 Å². The van der Waals surface area contributed by atoms with Gasteiger partial charge in [0, 0.05) is 17.8 Å². The summed E-state index contributed by atoms with van der Waals surface area (Å²) in [6, 6.07) is 0. The normalized spacial score (nSPS) is 20.3. The van der Waals surface area contributed by atoms with Gasteiger partial charge in [-0.1, -0.05) is 17.8 Å². The molecule has 0 unspecified atom stereocenters.